The second-order valence-electron chi connectivity index (χ2n) is 10.0. The number of hydrogen-bond donors (Lipinski definition) is 2. The van der Waals surface area contributed by atoms with E-state index in [-0.39, 0.29) is 36.1 Å². The summed E-state index contributed by atoms with van der Waals surface area (Å²) >= 11 is 0. The number of carbonyl (C=O) groups is 2. The SMILES string of the molecule is COc1cc(C(=O)C2CC=CC3=CNC=C4COCCN4C32)ccc1NC(=O)c1ccccc1-c1ccccc1.Cl. The number of anilines is 1. The fourth-order valence-corrected chi connectivity index (χ4v) is 5.74. The Hall–Kier alpha value is -4.33. The minimum absolute atomic E-state index is 0. The van der Waals surface area contributed by atoms with E-state index in [1.807, 2.05) is 60.9 Å². The van der Waals surface area contributed by atoms with E-state index in [0.29, 0.717) is 42.2 Å². The van der Waals surface area contributed by atoms with E-state index in [4.69, 9.17) is 9.47 Å². The van der Waals surface area contributed by atoms with Gasteiger partial charge in [-0.2, -0.15) is 0 Å². The zero-order valence-corrected chi connectivity index (χ0v) is 23.5. The van der Waals surface area contributed by atoms with Crippen molar-refractivity contribution >= 4 is 29.8 Å². The monoisotopic (exact) mass is 569 g/mol. The Morgan fingerprint density at radius 1 is 1.02 bits per heavy atom. The molecule has 41 heavy (non-hydrogen) atoms. The fourth-order valence-electron chi connectivity index (χ4n) is 5.74. The van der Waals surface area contributed by atoms with Crippen LogP contribution in [0.5, 0.6) is 5.75 Å². The van der Waals surface area contributed by atoms with Gasteiger partial charge >= 0.3 is 0 Å². The number of ether oxygens (including phenoxy) is 2. The Kier molecular flexibility index (Phi) is 8.57. The molecule has 1 saturated heterocycles. The first-order valence-electron chi connectivity index (χ1n) is 13.5. The molecule has 3 aliphatic rings. The molecule has 7 nitrogen and oxygen atoms in total. The minimum atomic E-state index is -0.263. The van der Waals surface area contributed by atoms with E-state index < -0.39 is 0 Å². The lowest BCUT2D eigenvalue weighted by atomic mass is 9.79. The Labute approximate surface area is 245 Å². The maximum Gasteiger partial charge on any atom is 0.256 e. The van der Waals surface area contributed by atoms with Crippen LogP contribution in [0.15, 0.2) is 109 Å². The van der Waals surface area contributed by atoms with Gasteiger partial charge in [-0.25, -0.2) is 0 Å². The standard InChI is InChI=1S/C33H31N3O4.ClH/c1-39-30-18-23(32(37)28-13-7-10-24-19-34-20-25-21-40-17-16-36(25)31(24)28)14-15-29(30)35-33(38)27-12-6-5-11-26(27)22-8-3-2-4-9-22;/h2-12,14-15,18-20,28,31,34H,13,16-17,21H2,1H3,(H,35,38);1H. The maximum atomic E-state index is 14.0. The molecule has 2 unspecified atom stereocenters. The summed E-state index contributed by atoms with van der Waals surface area (Å²) in [5, 5.41) is 6.24. The van der Waals surface area contributed by atoms with Crippen molar-refractivity contribution in [2.75, 3.05) is 32.2 Å². The van der Waals surface area contributed by atoms with E-state index in [2.05, 4.69) is 27.7 Å². The quantitative estimate of drug-likeness (QED) is 0.364. The van der Waals surface area contributed by atoms with Crippen molar-refractivity contribution in [3.05, 3.63) is 120 Å². The van der Waals surface area contributed by atoms with Gasteiger partial charge in [0.2, 0.25) is 0 Å². The molecule has 2 atom stereocenters. The topological polar surface area (TPSA) is 79.9 Å². The molecule has 0 aromatic heterocycles. The molecule has 0 spiro atoms. The molecule has 0 radical (unpaired) electrons. The van der Waals surface area contributed by atoms with Gasteiger partial charge in [0.1, 0.15) is 5.75 Å². The highest BCUT2D eigenvalue weighted by molar-refractivity contribution is 6.09. The first kappa shape index (κ1) is 28.2. The van der Waals surface area contributed by atoms with Gasteiger partial charge in [-0.3, -0.25) is 9.59 Å². The predicted octanol–water partition coefficient (Wildman–Crippen LogP) is 5.82. The highest BCUT2D eigenvalue weighted by Gasteiger charge is 2.39. The van der Waals surface area contributed by atoms with Crippen molar-refractivity contribution in [2.24, 2.45) is 5.92 Å². The molecule has 8 heteroatoms. The van der Waals surface area contributed by atoms with Crippen molar-refractivity contribution in [3.8, 4) is 16.9 Å². The molecule has 210 valence electrons. The fraction of sp³-hybridized carbons (Fsp3) is 0.212. The van der Waals surface area contributed by atoms with Crippen LogP contribution in [-0.4, -0.2) is 49.5 Å². The molecule has 1 fully saturated rings. The van der Waals surface area contributed by atoms with Gasteiger partial charge in [-0.1, -0.05) is 60.7 Å². The first-order valence-corrected chi connectivity index (χ1v) is 13.5. The highest BCUT2D eigenvalue weighted by atomic mass is 35.5. The summed E-state index contributed by atoms with van der Waals surface area (Å²) in [6.07, 6.45) is 8.73. The van der Waals surface area contributed by atoms with E-state index in [1.165, 1.54) is 0 Å². The second-order valence-corrected chi connectivity index (χ2v) is 10.0. The molecule has 0 saturated carbocycles. The molecular weight excluding hydrogens is 538 g/mol. The van der Waals surface area contributed by atoms with Crippen LogP contribution in [0.1, 0.15) is 27.1 Å². The van der Waals surface area contributed by atoms with Crippen LogP contribution in [-0.2, 0) is 4.74 Å². The third kappa shape index (κ3) is 5.64. The summed E-state index contributed by atoms with van der Waals surface area (Å²) < 4.78 is 11.3. The van der Waals surface area contributed by atoms with Crippen molar-refractivity contribution in [2.45, 2.75) is 12.5 Å². The number of Topliss-reactive ketones (excluding diaryl/α,β-unsaturated/α-hetero) is 1. The second kappa shape index (κ2) is 12.5. The van der Waals surface area contributed by atoms with Crippen molar-refractivity contribution in [1.29, 1.82) is 0 Å². The number of allylic oxidation sites excluding steroid dienone is 1. The van der Waals surface area contributed by atoms with E-state index >= 15 is 0 Å². The van der Waals surface area contributed by atoms with Crippen LogP contribution in [0.2, 0.25) is 0 Å². The van der Waals surface area contributed by atoms with E-state index in [0.717, 1.165) is 28.9 Å². The van der Waals surface area contributed by atoms with Crippen LogP contribution in [0.3, 0.4) is 0 Å². The van der Waals surface area contributed by atoms with E-state index in [1.54, 1.807) is 31.4 Å². The number of halogens is 1. The molecule has 1 amide bonds. The summed E-state index contributed by atoms with van der Waals surface area (Å²) in [6, 6.07) is 22.5. The Bertz CT molecular complexity index is 1530. The molecule has 2 heterocycles. The van der Waals surface area contributed by atoms with Crippen LogP contribution in [0, 0.1) is 5.92 Å². The zero-order valence-electron chi connectivity index (χ0n) is 22.7. The molecule has 6 rings (SSSR count). The number of nitrogens with zero attached hydrogens (tertiary/aromatic N) is 1. The molecule has 3 aromatic carbocycles. The predicted molar refractivity (Wildman–Crippen MR) is 162 cm³/mol. The number of nitrogens with one attached hydrogen (secondary N) is 2. The van der Waals surface area contributed by atoms with Gasteiger partial charge in [0.05, 0.1) is 43.7 Å². The van der Waals surface area contributed by atoms with E-state index in [9.17, 15) is 9.59 Å². The van der Waals surface area contributed by atoms with Crippen LogP contribution in [0.4, 0.5) is 5.69 Å². The van der Waals surface area contributed by atoms with Crippen LogP contribution in [0.25, 0.3) is 11.1 Å². The van der Waals surface area contributed by atoms with Crippen LogP contribution >= 0.6 is 12.4 Å². The third-order valence-corrected chi connectivity index (χ3v) is 7.68. The number of hydrogen-bond acceptors (Lipinski definition) is 6. The molecule has 2 aliphatic heterocycles. The number of morpholine rings is 1. The number of methoxy groups -OCH3 is 1. The number of fused-ring (bicyclic) bond motifs is 3. The summed E-state index contributed by atoms with van der Waals surface area (Å²) in [5.74, 6) is -0.0336. The van der Waals surface area contributed by atoms with Gasteiger partial charge < -0.3 is 25.0 Å². The van der Waals surface area contributed by atoms with Crippen molar-refractivity contribution in [3.63, 3.8) is 0 Å². The lowest BCUT2D eigenvalue weighted by Crippen LogP contribution is -2.48. The first-order chi connectivity index (χ1) is 19.6. The Morgan fingerprint density at radius 3 is 2.66 bits per heavy atom. The van der Waals surface area contributed by atoms with Gasteiger partial charge in [-0.05, 0) is 47.4 Å². The molecule has 3 aromatic rings. The number of amides is 1. The third-order valence-electron chi connectivity index (χ3n) is 7.68. The average Bonchev–Trinajstić information content (AvgIpc) is 3.21. The molecule has 2 N–H and O–H groups in total. The number of rotatable bonds is 6. The summed E-state index contributed by atoms with van der Waals surface area (Å²) in [4.78, 5) is 29.6. The molecule has 1 aliphatic carbocycles. The van der Waals surface area contributed by atoms with Gasteiger partial charge in [0.15, 0.2) is 5.78 Å². The number of benzene rings is 3. The average molecular weight is 570 g/mol. The summed E-state index contributed by atoms with van der Waals surface area (Å²) in [5.41, 5.74) is 5.54. The zero-order chi connectivity index (χ0) is 27.5. The maximum absolute atomic E-state index is 14.0. The molecule has 0 bridgehead atoms. The lowest BCUT2D eigenvalue weighted by Gasteiger charge is -2.42. The van der Waals surface area contributed by atoms with Gasteiger partial charge in [0, 0.05) is 30.1 Å². The Morgan fingerprint density at radius 2 is 1.83 bits per heavy atom. The largest absolute Gasteiger partial charge is 0.495 e. The Balaban J connectivity index is 0.00000337. The van der Waals surface area contributed by atoms with Crippen molar-refractivity contribution in [1.82, 2.24) is 10.2 Å². The number of ketones is 1. The minimum Gasteiger partial charge on any atom is -0.495 e. The number of carbonyl (C=O) groups excluding carboxylic acids is 2. The van der Waals surface area contributed by atoms with Gasteiger partial charge in [0.25, 0.3) is 5.91 Å². The highest BCUT2D eigenvalue weighted by Crippen LogP contribution is 2.36. The smallest absolute Gasteiger partial charge is 0.256 e. The summed E-state index contributed by atoms with van der Waals surface area (Å²) in [7, 11) is 1.54. The summed E-state index contributed by atoms with van der Waals surface area (Å²) in [6.45, 7) is 1.87. The normalized spacial score (nSPS) is 19.2. The van der Waals surface area contributed by atoms with Crippen LogP contribution < -0.4 is 15.4 Å². The van der Waals surface area contributed by atoms with Gasteiger partial charge in [-0.15, -0.1) is 12.4 Å². The molecular formula is C33H32ClN3O4. The lowest BCUT2D eigenvalue weighted by molar-refractivity contribution is 0.0455. The van der Waals surface area contributed by atoms with Crippen molar-refractivity contribution < 1.29 is 19.1 Å².